The SMILES string of the molecule is O=Cc1cc(S(=O)(=O)C(F)(F)F)ccc1Oc1cc(F)cc(Cl)c1. The predicted octanol–water partition coefficient (Wildman–Crippen LogP) is 4.38. The monoisotopic (exact) mass is 382 g/mol. The van der Waals surface area contributed by atoms with Crippen LogP contribution in [-0.4, -0.2) is 20.2 Å². The van der Waals surface area contributed by atoms with Gasteiger partial charge in [0.25, 0.3) is 9.84 Å². The molecule has 0 saturated carbocycles. The van der Waals surface area contributed by atoms with Gasteiger partial charge in [-0.05, 0) is 30.3 Å². The highest BCUT2D eigenvalue weighted by Crippen LogP contribution is 2.34. The lowest BCUT2D eigenvalue weighted by atomic mass is 10.2. The zero-order chi connectivity index (χ0) is 18.1. The standard InChI is InChI=1S/C14H7ClF4O4S/c15-9-4-10(16)6-11(5-9)23-13-2-1-12(3-8(13)7-20)24(21,22)14(17,18)19/h1-7H. The van der Waals surface area contributed by atoms with E-state index >= 15 is 0 Å². The number of hydrogen-bond donors (Lipinski definition) is 0. The molecule has 0 unspecified atom stereocenters. The van der Waals surface area contributed by atoms with Crippen LogP contribution in [0.3, 0.4) is 0 Å². The van der Waals surface area contributed by atoms with Gasteiger partial charge < -0.3 is 4.74 Å². The number of rotatable bonds is 4. The molecular formula is C14H7ClF4O4S. The van der Waals surface area contributed by atoms with Crippen molar-refractivity contribution >= 4 is 27.7 Å². The first kappa shape index (κ1) is 18.2. The quantitative estimate of drug-likeness (QED) is 0.581. The highest BCUT2D eigenvalue weighted by Gasteiger charge is 2.47. The molecule has 24 heavy (non-hydrogen) atoms. The minimum Gasteiger partial charge on any atom is -0.456 e. The number of halogens is 5. The highest BCUT2D eigenvalue weighted by molar-refractivity contribution is 7.92. The van der Waals surface area contributed by atoms with Crippen LogP contribution in [0.1, 0.15) is 10.4 Å². The number of ether oxygens (including phenoxy) is 1. The summed E-state index contributed by atoms with van der Waals surface area (Å²) in [6.45, 7) is 0. The molecule has 0 aromatic heterocycles. The van der Waals surface area contributed by atoms with E-state index in [-0.39, 0.29) is 22.8 Å². The lowest BCUT2D eigenvalue weighted by Gasteiger charge is -2.12. The van der Waals surface area contributed by atoms with Crippen molar-refractivity contribution in [1.82, 2.24) is 0 Å². The van der Waals surface area contributed by atoms with Crippen molar-refractivity contribution in [3.63, 3.8) is 0 Å². The van der Waals surface area contributed by atoms with Gasteiger partial charge in [-0.15, -0.1) is 0 Å². The van der Waals surface area contributed by atoms with Gasteiger partial charge >= 0.3 is 5.51 Å². The molecule has 0 atom stereocenters. The van der Waals surface area contributed by atoms with Crippen LogP contribution in [0.5, 0.6) is 11.5 Å². The normalized spacial score (nSPS) is 12.0. The molecule has 0 amide bonds. The van der Waals surface area contributed by atoms with E-state index in [0.29, 0.717) is 12.1 Å². The third kappa shape index (κ3) is 3.68. The van der Waals surface area contributed by atoms with E-state index in [4.69, 9.17) is 16.3 Å². The third-order valence-corrected chi connectivity index (χ3v) is 4.49. The molecule has 0 saturated heterocycles. The average molecular weight is 383 g/mol. The minimum atomic E-state index is -5.61. The lowest BCUT2D eigenvalue weighted by molar-refractivity contribution is -0.0436. The Labute approximate surface area is 138 Å². The first-order valence-corrected chi connectivity index (χ1v) is 7.95. The molecule has 2 rings (SSSR count). The van der Waals surface area contributed by atoms with E-state index in [0.717, 1.165) is 18.2 Å². The van der Waals surface area contributed by atoms with Crippen molar-refractivity contribution in [2.24, 2.45) is 0 Å². The van der Waals surface area contributed by atoms with E-state index in [1.807, 2.05) is 0 Å². The van der Waals surface area contributed by atoms with E-state index < -0.39 is 31.6 Å². The number of benzene rings is 2. The summed E-state index contributed by atoms with van der Waals surface area (Å²) >= 11 is 5.63. The van der Waals surface area contributed by atoms with E-state index in [2.05, 4.69) is 0 Å². The predicted molar refractivity (Wildman–Crippen MR) is 76.6 cm³/mol. The maximum Gasteiger partial charge on any atom is 0.501 e. The number of aldehydes is 1. The zero-order valence-corrected chi connectivity index (χ0v) is 13.0. The summed E-state index contributed by atoms with van der Waals surface area (Å²) in [6, 6.07) is 5.15. The van der Waals surface area contributed by atoms with Crippen molar-refractivity contribution in [2.75, 3.05) is 0 Å². The van der Waals surface area contributed by atoms with Gasteiger partial charge in [-0.25, -0.2) is 12.8 Å². The van der Waals surface area contributed by atoms with Gasteiger partial charge in [0.15, 0.2) is 6.29 Å². The van der Waals surface area contributed by atoms with Gasteiger partial charge in [-0.3, -0.25) is 4.79 Å². The van der Waals surface area contributed by atoms with Crippen LogP contribution in [0.2, 0.25) is 5.02 Å². The van der Waals surface area contributed by atoms with E-state index in [1.165, 1.54) is 6.07 Å². The number of sulfone groups is 1. The summed E-state index contributed by atoms with van der Waals surface area (Å²) in [4.78, 5) is 9.91. The lowest BCUT2D eigenvalue weighted by Crippen LogP contribution is -2.23. The summed E-state index contributed by atoms with van der Waals surface area (Å²) in [7, 11) is -5.61. The zero-order valence-electron chi connectivity index (χ0n) is 11.5. The average Bonchev–Trinajstić information content (AvgIpc) is 2.45. The van der Waals surface area contributed by atoms with Crippen LogP contribution in [0.15, 0.2) is 41.3 Å². The van der Waals surface area contributed by atoms with Crippen molar-refractivity contribution in [3.05, 3.63) is 52.8 Å². The molecule has 0 aliphatic carbocycles. The molecule has 0 bridgehead atoms. The van der Waals surface area contributed by atoms with Gasteiger partial charge in [-0.1, -0.05) is 11.6 Å². The summed E-state index contributed by atoms with van der Waals surface area (Å²) in [5.74, 6) is -1.11. The van der Waals surface area contributed by atoms with Gasteiger partial charge in [-0.2, -0.15) is 13.2 Å². The Bertz CT molecular complexity index is 874. The molecule has 0 aliphatic rings. The van der Waals surface area contributed by atoms with Crippen LogP contribution >= 0.6 is 11.6 Å². The molecule has 0 N–H and O–H groups in total. The van der Waals surface area contributed by atoms with Crippen LogP contribution < -0.4 is 4.74 Å². The van der Waals surface area contributed by atoms with Crippen LogP contribution in [-0.2, 0) is 9.84 Å². The fraction of sp³-hybridized carbons (Fsp3) is 0.0714. The molecule has 2 aromatic carbocycles. The van der Waals surface area contributed by atoms with E-state index in [1.54, 1.807) is 0 Å². The Hall–Kier alpha value is -2.13. The second-order valence-electron chi connectivity index (χ2n) is 4.47. The Balaban J connectivity index is 2.45. The fourth-order valence-corrected chi connectivity index (χ4v) is 2.74. The Morgan fingerprint density at radius 2 is 1.75 bits per heavy atom. The molecular weight excluding hydrogens is 376 g/mol. The van der Waals surface area contributed by atoms with Gasteiger partial charge in [0.05, 0.1) is 10.5 Å². The molecule has 0 radical (unpaired) electrons. The summed E-state index contributed by atoms with van der Waals surface area (Å²) in [5, 5.41) is -0.00563. The summed E-state index contributed by atoms with van der Waals surface area (Å²) < 4.78 is 78.7. The highest BCUT2D eigenvalue weighted by atomic mass is 35.5. The second kappa shape index (κ2) is 6.40. The smallest absolute Gasteiger partial charge is 0.456 e. The largest absolute Gasteiger partial charge is 0.501 e. The molecule has 0 spiro atoms. The summed E-state index contributed by atoms with van der Waals surface area (Å²) in [5.41, 5.74) is -5.97. The number of hydrogen-bond acceptors (Lipinski definition) is 4. The molecule has 10 heteroatoms. The number of carbonyl (C=O) groups is 1. The molecule has 128 valence electrons. The van der Waals surface area contributed by atoms with Crippen molar-refractivity contribution in [1.29, 1.82) is 0 Å². The van der Waals surface area contributed by atoms with Crippen molar-refractivity contribution in [3.8, 4) is 11.5 Å². The van der Waals surface area contributed by atoms with Crippen molar-refractivity contribution in [2.45, 2.75) is 10.4 Å². The number of alkyl halides is 3. The third-order valence-electron chi connectivity index (χ3n) is 2.79. The van der Waals surface area contributed by atoms with E-state index in [9.17, 15) is 30.8 Å². The maximum absolute atomic E-state index is 13.2. The topological polar surface area (TPSA) is 60.4 Å². The van der Waals surface area contributed by atoms with Crippen LogP contribution in [0, 0.1) is 5.82 Å². The molecule has 4 nitrogen and oxygen atoms in total. The van der Waals surface area contributed by atoms with Gasteiger partial charge in [0.1, 0.15) is 17.3 Å². The Morgan fingerprint density at radius 1 is 1.08 bits per heavy atom. The fourth-order valence-electron chi connectivity index (χ4n) is 1.73. The maximum atomic E-state index is 13.2. The molecule has 2 aromatic rings. The van der Waals surface area contributed by atoms with Gasteiger partial charge in [0.2, 0.25) is 0 Å². The Morgan fingerprint density at radius 3 is 2.29 bits per heavy atom. The minimum absolute atomic E-state index is 0.00563. The first-order chi connectivity index (χ1) is 11.0. The molecule has 0 heterocycles. The Kier molecular flexibility index (Phi) is 4.86. The van der Waals surface area contributed by atoms with Gasteiger partial charge in [0, 0.05) is 11.1 Å². The van der Waals surface area contributed by atoms with Crippen LogP contribution in [0.25, 0.3) is 0 Å². The summed E-state index contributed by atoms with van der Waals surface area (Å²) in [6.07, 6.45) is 0.117. The number of carbonyl (C=O) groups excluding carboxylic acids is 1. The van der Waals surface area contributed by atoms with Crippen molar-refractivity contribution < 1.29 is 35.5 Å². The first-order valence-electron chi connectivity index (χ1n) is 6.09. The second-order valence-corrected chi connectivity index (χ2v) is 6.85. The van der Waals surface area contributed by atoms with Crippen LogP contribution in [0.4, 0.5) is 17.6 Å². The molecule has 0 aliphatic heterocycles. The molecule has 0 fully saturated rings.